The highest BCUT2D eigenvalue weighted by Crippen LogP contribution is 2.35. The highest BCUT2D eigenvalue weighted by atomic mass is 16.2. The number of benzene rings is 1. The third kappa shape index (κ3) is 4.02. The summed E-state index contributed by atoms with van der Waals surface area (Å²) in [6.07, 6.45) is 1.44. The number of urea groups is 1. The Hall–Kier alpha value is -3.42. The number of anilines is 1. The maximum atomic E-state index is 13.0. The molecule has 1 unspecified atom stereocenters. The van der Waals surface area contributed by atoms with Crippen molar-refractivity contribution in [3.05, 3.63) is 64.1 Å². The van der Waals surface area contributed by atoms with E-state index in [0.717, 1.165) is 17.7 Å². The normalized spacial score (nSPS) is 23.8. The van der Waals surface area contributed by atoms with Gasteiger partial charge in [0.1, 0.15) is 6.04 Å². The molecule has 2 saturated heterocycles. The van der Waals surface area contributed by atoms with Crippen molar-refractivity contribution < 1.29 is 14.4 Å². The summed E-state index contributed by atoms with van der Waals surface area (Å²) in [7, 11) is 0. The second-order valence-corrected chi connectivity index (χ2v) is 9.96. The zero-order valence-electron chi connectivity index (χ0n) is 19.6. The van der Waals surface area contributed by atoms with Crippen LogP contribution in [-0.2, 0) is 16.1 Å². The minimum absolute atomic E-state index is 0.0109. The van der Waals surface area contributed by atoms with Crippen LogP contribution >= 0.6 is 0 Å². The van der Waals surface area contributed by atoms with Gasteiger partial charge in [-0.3, -0.25) is 14.4 Å². The molecule has 1 N–H and O–H groups in total. The molecule has 5 rings (SSSR count). The molecule has 3 aliphatic heterocycles. The summed E-state index contributed by atoms with van der Waals surface area (Å²) in [5.41, 5.74) is 2.69. The number of aromatic nitrogens is 1. The fourth-order valence-corrected chi connectivity index (χ4v) is 5.51. The summed E-state index contributed by atoms with van der Waals surface area (Å²) >= 11 is 0. The number of likely N-dealkylation sites (tertiary alicyclic amines) is 1. The van der Waals surface area contributed by atoms with Gasteiger partial charge in [0.05, 0.1) is 5.69 Å². The maximum Gasteiger partial charge on any atom is 0.329 e. The van der Waals surface area contributed by atoms with Gasteiger partial charge in [-0.2, -0.15) is 0 Å². The van der Waals surface area contributed by atoms with Gasteiger partial charge < -0.3 is 14.8 Å². The summed E-state index contributed by atoms with van der Waals surface area (Å²) in [6, 6.07) is 11.6. The summed E-state index contributed by atoms with van der Waals surface area (Å²) in [4.78, 5) is 53.7. The number of hydrogen-bond donors (Lipinski definition) is 1. The fraction of sp³-hybridized carbons (Fsp3) is 0.462. The third-order valence-corrected chi connectivity index (χ3v) is 7.32. The Morgan fingerprint density at radius 1 is 1.03 bits per heavy atom. The molecule has 1 aromatic heterocycles. The van der Waals surface area contributed by atoms with Crippen LogP contribution in [0, 0.1) is 5.92 Å². The SMILES string of the molecule is CC(C)c1ccc(N2C(=O)NC(CCC(=O)N3C[C@H]4C[C@@H](C3)c3cccc(=O)n3C4)C2=O)cc1. The Balaban J connectivity index is 1.21. The van der Waals surface area contributed by atoms with E-state index in [1.807, 2.05) is 27.7 Å². The standard InChI is InChI=1S/C26H30N4O4/c1-16(2)18-6-8-20(9-7-18)30-25(33)21(27-26(30)34)10-11-23(31)28-13-17-12-19(15-28)22-4-3-5-24(32)29(22)14-17/h3-9,16-17,19,21H,10-15H2,1-2H3,(H,27,34)/t17-,19+,21?/m1/s1. The lowest BCUT2D eigenvalue weighted by Gasteiger charge is -2.42. The molecule has 34 heavy (non-hydrogen) atoms. The van der Waals surface area contributed by atoms with Crippen molar-refractivity contribution >= 4 is 23.5 Å². The molecule has 1 aromatic carbocycles. The first kappa shape index (κ1) is 22.4. The van der Waals surface area contributed by atoms with Crippen LogP contribution < -0.4 is 15.8 Å². The van der Waals surface area contributed by atoms with Crippen molar-refractivity contribution in [2.45, 2.75) is 57.5 Å². The third-order valence-electron chi connectivity index (χ3n) is 7.32. The number of imide groups is 1. The van der Waals surface area contributed by atoms with Gasteiger partial charge in [-0.25, -0.2) is 9.69 Å². The monoisotopic (exact) mass is 462 g/mol. The molecule has 178 valence electrons. The lowest BCUT2D eigenvalue weighted by molar-refractivity contribution is -0.134. The van der Waals surface area contributed by atoms with E-state index in [1.165, 1.54) is 4.90 Å². The summed E-state index contributed by atoms with van der Waals surface area (Å²) in [5, 5.41) is 2.74. The number of nitrogens with one attached hydrogen (secondary N) is 1. The van der Waals surface area contributed by atoms with Crippen LogP contribution in [0.15, 0.2) is 47.3 Å². The van der Waals surface area contributed by atoms with Crippen molar-refractivity contribution in [1.82, 2.24) is 14.8 Å². The Kier molecular flexibility index (Phi) is 5.75. The van der Waals surface area contributed by atoms with Crippen molar-refractivity contribution in [3.8, 4) is 0 Å². The van der Waals surface area contributed by atoms with E-state index in [4.69, 9.17) is 0 Å². The van der Waals surface area contributed by atoms with Crippen LogP contribution in [0.3, 0.4) is 0 Å². The predicted molar refractivity (Wildman–Crippen MR) is 128 cm³/mol. The Morgan fingerprint density at radius 2 is 1.79 bits per heavy atom. The molecule has 0 spiro atoms. The molecular formula is C26H30N4O4. The number of nitrogens with zero attached hydrogens (tertiary/aromatic N) is 3. The number of pyridine rings is 1. The van der Waals surface area contributed by atoms with Gasteiger partial charge in [0.2, 0.25) is 5.91 Å². The van der Waals surface area contributed by atoms with E-state index >= 15 is 0 Å². The summed E-state index contributed by atoms with van der Waals surface area (Å²) in [6.45, 7) is 6.01. The molecule has 0 aliphatic carbocycles. The van der Waals surface area contributed by atoms with E-state index in [0.29, 0.717) is 31.2 Å². The number of amides is 4. The molecule has 2 aromatic rings. The zero-order valence-corrected chi connectivity index (χ0v) is 19.6. The quantitative estimate of drug-likeness (QED) is 0.692. The number of carbonyl (C=O) groups is 3. The second kappa shape index (κ2) is 8.74. The molecule has 8 nitrogen and oxygen atoms in total. The molecule has 0 radical (unpaired) electrons. The van der Waals surface area contributed by atoms with Crippen molar-refractivity contribution in [2.75, 3.05) is 18.0 Å². The lowest BCUT2D eigenvalue weighted by atomic mass is 9.83. The van der Waals surface area contributed by atoms with Gasteiger partial charge >= 0.3 is 6.03 Å². The molecule has 2 bridgehead atoms. The zero-order chi connectivity index (χ0) is 24.0. The predicted octanol–water partition coefficient (Wildman–Crippen LogP) is 2.82. The van der Waals surface area contributed by atoms with Crippen LogP contribution in [0.5, 0.6) is 0 Å². The van der Waals surface area contributed by atoms with Crippen LogP contribution in [-0.4, -0.2) is 46.4 Å². The maximum absolute atomic E-state index is 13.0. The molecule has 8 heteroatoms. The number of hydrogen-bond acceptors (Lipinski definition) is 4. The first-order chi connectivity index (χ1) is 16.3. The molecule has 4 heterocycles. The largest absolute Gasteiger partial charge is 0.342 e. The van der Waals surface area contributed by atoms with E-state index in [1.54, 1.807) is 24.3 Å². The number of piperidine rings is 1. The molecule has 2 fully saturated rings. The number of fused-ring (bicyclic) bond motifs is 4. The van der Waals surface area contributed by atoms with Crippen LogP contribution in [0.4, 0.5) is 10.5 Å². The van der Waals surface area contributed by atoms with Gasteiger partial charge in [-0.05, 0) is 48.4 Å². The molecular weight excluding hydrogens is 432 g/mol. The van der Waals surface area contributed by atoms with Crippen molar-refractivity contribution in [2.24, 2.45) is 5.92 Å². The first-order valence-electron chi connectivity index (χ1n) is 12.0. The minimum atomic E-state index is -0.704. The number of rotatable bonds is 5. The summed E-state index contributed by atoms with van der Waals surface area (Å²) in [5.74, 6) is 0.441. The van der Waals surface area contributed by atoms with E-state index in [-0.39, 0.29) is 42.1 Å². The fourth-order valence-electron chi connectivity index (χ4n) is 5.51. The first-order valence-corrected chi connectivity index (χ1v) is 12.0. The van der Waals surface area contributed by atoms with E-state index in [9.17, 15) is 19.2 Å². The molecule has 4 amide bonds. The van der Waals surface area contributed by atoms with Crippen LogP contribution in [0.2, 0.25) is 0 Å². The molecule has 3 aliphatic rings. The van der Waals surface area contributed by atoms with Gasteiger partial charge in [0.15, 0.2) is 0 Å². The van der Waals surface area contributed by atoms with Crippen LogP contribution in [0.1, 0.15) is 56.2 Å². The van der Waals surface area contributed by atoms with Gasteiger partial charge in [-0.1, -0.05) is 32.0 Å². The highest BCUT2D eigenvalue weighted by molar-refractivity contribution is 6.21. The Labute approximate surface area is 198 Å². The second-order valence-electron chi connectivity index (χ2n) is 9.96. The van der Waals surface area contributed by atoms with E-state index in [2.05, 4.69) is 19.2 Å². The van der Waals surface area contributed by atoms with Gasteiger partial charge in [-0.15, -0.1) is 0 Å². The average Bonchev–Trinajstić information content (AvgIpc) is 3.11. The Bertz CT molecular complexity index is 1190. The molecule has 3 atom stereocenters. The minimum Gasteiger partial charge on any atom is -0.342 e. The van der Waals surface area contributed by atoms with E-state index < -0.39 is 12.1 Å². The highest BCUT2D eigenvalue weighted by Gasteiger charge is 2.40. The smallest absolute Gasteiger partial charge is 0.329 e. The van der Waals surface area contributed by atoms with Crippen molar-refractivity contribution in [3.63, 3.8) is 0 Å². The van der Waals surface area contributed by atoms with Crippen molar-refractivity contribution in [1.29, 1.82) is 0 Å². The van der Waals surface area contributed by atoms with Gasteiger partial charge in [0, 0.05) is 43.7 Å². The van der Waals surface area contributed by atoms with Gasteiger partial charge in [0.25, 0.3) is 11.5 Å². The molecule has 0 saturated carbocycles. The average molecular weight is 463 g/mol. The lowest BCUT2D eigenvalue weighted by Crippen LogP contribution is -2.49. The summed E-state index contributed by atoms with van der Waals surface area (Å²) < 4.78 is 1.84. The number of carbonyl (C=O) groups excluding carboxylic acids is 3. The van der Waals surface area contributed by atoms with Crippen LogP contribution in [0.25, 0.3) is 0 Å². The topological polar surface area (TPSA) is 91.7 Å². The Morgan fingerprint density at radius 3 is 2.53 bits per heavy atom.